The summed E-state index contributed by atoms with van der Waals surface area (Å²) in [6, 6.07) is 8.28. The number of hydrogen-bond donors (Lipinski definition) is 2. The molecule has 3 rings (SSSR count). The Hall–Kier alpha value is -3.55. The highest BCUT2D eigenvalue weighted by Gasteiger charge is 2.21. The van der Waals surface area contributed by atoms with Gasteiger partial charge in [-0.3, -0.25) is 14.3 Å². The smallest absolute Gasteiger partial charge is 0.277 e. The molecule has 0 bridgehead atoms. The fourth-order valence-electron chi connectivity index (χ4n) is 2.72. The number of aromatic nitrogens is 4. The molecule has 8 nitrogen and oxygen atoms in total. The summed E-state index contributed by atoms with van der Waals surface area (Å²) in [5.74, 6) is 0.317. The van der Waals surface area contributed by atoms with Gasteiger partial charge in [-0.15, -0.1) is 0 Å². The first-order valence-corrected chi connectivity index (χ1v) is 8.99. The Bertz CT molecular complexity index is 998. The molecule has 0 fully saturated rings. The Morgan fingerprint density at radius 1 is 1.00 bits per heavy atom. The number of rotatable bonds is 6. The summed E-state index contributed by atoms with van der Waals surface area (Å²) < 4.78 is 1.49. The van der Waals surface area contributed by atoms with E-state index in [-0.39, 0.29) is 17.5 Å². The van der Waals surface area contributed by atoms with Gasteiger partial charge >= 0.3 is 0 Å². The first kappa shape index (κ1) is 19.2. The molecule has 0 aromatic carbocycles. The third-order valence-corrected chi connectivity index (χ3v) is 4.17. The van der Waals surface area contributed by atoms with Crippen molar-refractivity contribution in [2.24, 2.45) is 0 Å². The van der Waals surface area contributed by atoms with E-state index in [0.29, 0.717) is 18.1 Å². The number of nitrogens with zero attached hydrogens (tertiary/aromatic N) is 4. The molecule has 1 unspecified atom stereocenters. The third kappa shape index (κ3) is 4.59. The van der Waals surface area contributed by atoms with E-state index < -0.39 is 6.04 Å². The van der Waals surface area contributed by atoms with Crippen molar-refractivity contribution in [3.8, 4) is 0 Å². The lowest BCUT2D eigenvalue weighted by Gasteiger charge is -2.15. The van der Waals surface area contributed by atoms with Gasteiger partial charge in [0.25, 0.3) is 5.91 Å². The molecule has 28 heavy (non-hydrogen) atoms. The molecular weight excluding hydrogens is 356 g/mol. The zero-order valence-electron chi connectivity index (χ0n) is 16.0. The molecule has 3 aromatic rings. The quantitative estimate of drug-likeness (QED) is 0.686. The molecule has 1 atom stereocenters. The van der Waals surface area contributed by atoms with Crippen molar-refractivity contribution in [3.63, 3.8) is 0 Å². The van der Waals surface area contributed by atoms with Crippen molar-refractivity contribution >= 4 is 23.5 Å². The van der Waals surface area contributed by atoms with E-state index in [1.165, 1.54) is 4.68 Å². The van der Waals surface area contributed by atoms with Gasteiger partial charge in [0.2, 0.25) is 5.91 Å². The molecule has 0 aliphatic heterocycles. The van der Waals surface area contributed by atoms with Gasteiger partial charge in [-0.1, -0.05) is 6.92 Å². The van der Waals surface area contributed by atoms with Gasteiger partial charge in [0.15, 0.2) is 5.69 Å². The lowest BCUT2D eigenvalue weighted by molar-refractivity contribution is -0.119. The average Bonchev–Trinajstić information content (AvgIpc) is 3.12. The summed E-state index contributed by atoms with van der Waals surface area (Å²) in [5.41, 5.74) is 2.20. The van der Waals surface area contributed by atoms with Crippen LogP contribution in [0.25, 0.3) is 0 Å². The number of pyridine rings is 2. The SMILES string of the molecule is CCC(C(=O)Nc1cc(C)ccn1)n1ccc(C(=O)Nc2cc(C)ccn2)n1. The summed E-state index contributed by atoms with van der Waals surface area (Å²) in [6.07, 6.45) is 5.40. The van der Waals surface area contributed by atoms with E-state index in [0.717, 1.165) is 11.1 Å². The van der Waals surface area contributed by atoms with E-state index in [1.54, 1.807) is 36.8 Å². The van der Waals surface area contributed by atoms with Gasteiger partial charge < -0.3 is 10.6 Å². The first-order valence-electron chi connectivity index (χ1n) is 8.99. The molecule has 8 heteroatoms. The minimum atomic E-state index is -0.555. The normalized spacial score (nSPS) is 11.7. The number of carbonyl (C=O) groups is 2. The summed E-state index contributed by atoms with van der Waals surface area (Å²) in [7, 11) is 0. The van der Waals surface area contributed by atoms with E-state index >= 15 is 0 Å². The maximum absolute atomic E-state index is 12.6. The van der Waals surface area contributed by atoms with Crippen LogP contribution in [0.5, 0.6) is 0 Å². The lowest BCUT2D eigenvalue weighted by atomic mass is 10.2. The highest BCUT2D eigenvalue weighted by molar-refractivity contribution is 6.02. The van der Waals surface area contributed by atoms with Crippen LogP contribution in [-0.4, -0.2) is 31.6 Å². The van der Waals surface area contributed by atoms with E-state index in [1.807, 2.05) is 32.9 Å². The number of amides is 2. The number of hydrogen-bond acceptors (Lipinski definition) is 5. The van der Waals surface area contributed by atoms with Crippen molar-refractivity contribution < 1.29 is 9.59 Å². The Kier molecular flexibility index (Phi) is 5.78. The molecular formula is C20H22N6O2. The zero-order chi connectivity index (χ0) is 20.1. The molecule has 0 saturated heterocycles. The van der Waals surface area contributed by atoms with Gasteiger partial charge in [0.1, 0.15) is 17.7 Å². The van der Waals surface area contributed by atoms with E-state index in [4.69, 9.17) is 0 Å². The molecule has 3 heterocycles. The minimum absolute atomic E-state index is 0.211. The van der Waals surface area contributed by atoms with Crippen LogP contribution in [0.2, 0.25) is 0 Å². The van der Waals surface area contributed by atoms with Crippen molar-refractivity contribution in [1.29, 1.82) is 0 Å². The molecule has 0 spiro atoms. The Morgan fingerprint density at radius 3 is 2.18 bits per heavy atom. The zero-order valence-corrected chi connectivity index (χ0v) is 16.0. The van der Waals surface area contributed by atoms with Gasteiger partial charge in [-0.2, -0.15) is 5.10 Å². The van der Waals surface area contributed by atoms with Crippen molar-refractivity contribution in [2.75, 3.05) is 10.6 Å². The molecule has 144 valence electrons. The predicted molar refractivity (Wildman–Crippen MR) is 106 cm³/mol. The second-order valence-corrected chi connectivity index (χ2v) is 6.49. The second-order valence-electron chi connectivity index (χ2n) is 6.49. The molecule has 0 aliphatic rings. The predicted octanol–water partition coefficient (Wildman–Crippen LogP) is 3.13. The van der Waals surface area contributed by atoms with Crippen molar-refractivity contribution in [2.45, 2.75) is 33.2 Å². The number of nitrogens with one attached hydrogen (secondary N) is 2. The Labute approximate surface area is 163 Å². The number of carbonyl (C=O) groups excluding carboxylic acids is 2. The first-order chi connectivity index (χ1) is 13.5. The van der Waals surface area contributed by atoms with Crippen LogP contribution in [0.3, 0.4) is 0 Å². The Balaban J connectivity index is 1.71. The molecule has 0 radical (unpaired) electrons. The monoisotopic (exact) mass is 378 g/mol. The van der Waals surface area contributed by atoms with Crippen molar-refractivity contribution in [3.05, 3.63) is 65.7 Å². The lowest BCUT2D eigenvalue weighted by Crippen LogP contribution is -2.27. The number of anilines is 2. The van der Waals surface area contributed by atoms with Gasteiger partial charge in [0.05, 0.1) is 0 Å². The second kappa shape index (κ2) is 8.43. The largest absolute Gasteiger partial charge is 0.309 e. The van der Waals surface area contributed by atoms with Gasteiger partial charge in [-0.25, -0.2) is 9.97 Å². The van der Waals surface area contributed by atoms with Crippen LogP contribution in [0.4, 0.5) is 11.6 Å². The van der Waals surface area contributed by atoms with E-state index in [2.05, 4.69) is 25.7 Å². The molecule has 0 aliphatic carbocycles. The maximum Gasteiger partial charge on any atom is 0.277 e. The van der Waals surface area contributed by atoms with Crippen LogP contribution < -0.4 is 10.6 Å². The minimum Gasteiger partial charge on any atom is -0.309 e. The van der Waals surface area contributed by atoms with Crippen LogP contribution in [0.1, 0.15) is 41.0 Å². The Morgan fingerprint density at radius 2 is 1.61 bits per heavy atom. The fraction of sp³-hybridized carbons (Fsp3) is 0.250. The fourth-order valence-corrected chi connectivity index (χ4v) is 2.72. The van der Waals surface area contributed by atoms with E-state index in [9.17, 15) is 9.59 Å². The topological polar surface area (TPSA) is 102 Å². The summed E-state index contributed by atoms with van der Waals surface area (Å²) in [6.45, 7) is 5.72. The average molecular weight is 378 g/mol. The third-order valence-electron chi connectivity index (χ3n) is 4.17. The summed E-state index contributed by atoms with van der Waals surface area (Å²) >= 11 is 0. The van der Waals surface area contributed by atoms with Crippen LogP contribution in [-0.2, 0) is 4.79 Å². The van der Waals surface area contributed by atoms with Crippen LogP contribution in [0, 0.1) is 13.8 Å². The number of aryl methyl sites for hydroxylation is 2. The van der Waals surface area contributed by atoms with Gasteiger partial charge in [0, 0.05) is 18.6 Å². The summed E-state index contributed by atoms with van der Waals surface area (Å²) in [4.78, 5) is 33.3. The maximum atomic E-state index is 12.6. The van der Waals surface area contributed by atoms with Crippen LogP contribution >= 0.6 is 0 Å². The highest BCUT2D eigenvalue weighted by Crippen LogP contribution is 2.15. The summed E-state index contributed by atoms with van der Waals surface area (Å²) in [5, 5.41) is 9.78. The molecule has 0 saturated carbocycles. The molecule has 3 aromatic heterocycles. The van der Waals surface area contributed by atoms with Crippen molar-refractivity contribution in [1.82, 2.24) is 19.7 Å². The van der Waals surface area contributed by atoms with Crippen LogP contribution in [0.15, 0.2) is 48.9 Å². The highest BCUT2D eigenvalue weighted by atomic mass is 16.2. The standard InChI is InChI=1S/C20H22N6O2/c1-4-16(20(28)24-18-12-14(3)6-9-22-18)26-10-7-15(25-26)19(27)23-17-11-13(2)5-8-21-17/h5-12,16H,4H2,1-3H3,(H,21,23,27)(H,22,24,28). The molecule has 2 amide bonds. The van der Waals surface area contributed by atoms with Gasteiger partial charge in [-0.05, 0) is 61.7 Å². The molecule has 2 N–H and O–H groups in total.